The molecule has 0 saturated heterocycles. The van der Waals surface area contributed by atoms with Gasteiger partial charge in [-0.25, -0.2) is 0 Å². The summed E-state index contributed by atoms with van der Waals surface area (Å²) in [4.78, 5) is 4.75. The third-order valence-electron chi connectivity index (χ3n) is 6.70. The van der Waals surface area contributed by atoms with E-state index >= 15 is 0 Å². The monoisotopic (exact) mass is 492 g/mol. The third kappa shape index (κ3) is 5.07. The normalized spacial score (nSPS) is 14.5. The molecule has 0 unspecified atom stereocenters. The molecule has 5 rings (SSSR count). The van der Waals surface area contributed by atoms with Crippen molar-refractivity contribution in [2.24, 2.45) is 5.41 Å². The molecule has 0 amide bonds. The highest BCUT2D eigenvalue weighted by atomic mass is 16.3. The minimum absolute atomic E-state index is 0.0376. The van der Waals surface area contributed by atoms with Crippen molar-refractivity contribution in [3.05, 3.63) is 89.6 Å². The fourth-order valence-electron chi connectivity index (χ4n) is 5.12. The molecule has 2 aromatic heterocycles. The highest BCUT2D eigenvalue weighted by Gasteiger charge is 2.22. The van der Waals surface area contributed by atoms with Crippen LogP contribution in [0.15, 0.2) is 77.3 Å². The second kappa shape index (κ2) is 9.17. The Morgan fingerprint density at radius 2 is 1.62 bits per heavy atom. The van der Waals surface area contributed by atoms with Gasteiger partial charge >= 0.3 is 0 Å². The first-order chi connectivity index (χ1) is 18.5. The van der Waals surface area contributed by atoms with Crippen molar-refractivity contribution in [2.45, 2.75) is 73.1 Å². The molecule has 0 aliphatic heterocycles. The van der Waals surface area contributed by atoms with Crippen LogP contribution in [0, 0.1) is 5.41 Å². The second-order valence-electron chi connectivity index (χ2n) is 12.3. The molecule has 0 aliphatic carbocycles. The number of hydrogen-bond acceptors (Lipinski definition) is 2. The van der Waals surface area contributed by atoms with Crippen LogP contribution in [0.1, 0.15) is 82.1 Å². The standard InChI is InChI=1S/C35H39NO/c1-22(2)32-28-14-13-23(21-34(3,4)5)17-31(28)37-33(32)25-15-16-36-30(20-25)26-18-24-11-9-10-12-27(24)29(19-26)35(6,7)8/h9-20,22H,21H2,1-8H3/i21D2,22D. The van der Waals surface area contributed by atoms with E-state index < -0.39 is 17.7 Å². The number of furan rings is 1. The van der Waals surface area contributed by atoms with E-state index in [1.54, 1.807) is 12.3 Å². The number of benzene rings is 3. The van der Waals surface area contributed by atoms with Crippen molar-refractivity contribution in [3.63, 3.8) is 0 Å². The van der Waals surface area contributed by atoms with Gasteiger partial charge in [-0.3, -0.25) is 4.98 Å². The van der Waals surface area contributed by atoms with Gasteiger partial charge in [0, 0.05) is 32.4 Å². The van der Waals surface area contributed by atoms with E-state index in [1.165, 1.54) is 16.3 Å². The molecule has 0 N–H and O–H groups in total. The lowest BCUT2D eigenvalue weighted by Crippen LogP contribution is -2.12. The molecule has 0 aliphatic rings. The predicted octanol–water partition coefficient (Wildman–Crippen LogP) is 10.3. The van der Waals surface area contributed by atoms with Gasteiger partial charge in [0.1, 0.15) is 11.3 Å². The summed E-state index contributed by atoms with van der Waals surface area (Å²) in [7, 11) is 0. The van der Waals surface area contributed by atoms with Crippen LogP contribution in [0.5, 0.6) is 0 Å². The van der Waals surface area contributed by atoms with Crippen LogP contribution in [-0.4, -0.2) is 4.98 Å². The summed E-state index contributed by atoms with van der Waals surface area (Å²) in [6.45, 7) is 16.1. The molecule has 0 atom stereocenters. The summed E-state index contributed by atoms with van der Waals surface area (Å²) < 4.78 is 33.0. The van der Waals surface area contributed by atoms with Crippen molar-refractivity contribution in [1.82, 2.24) is 4.98 Å². The average molecular weight is 493 g/mol. The first-order valence-electron chi connectivity index (χ1n) is 14.6. The third-order valence-corrected chi connectivity index (χ3v) is 6.70. The predicted molar refractivity (Wildman–Crippen MR) is 158 cm³/mol. The summed E-state index contributed by atoms with van der Waals surface area (Å²) in [6, 6.07) is 22.4. The van der Waals surface area contributed by atoms with Gasteiger partial charge in [-0.2, -0.15) is 0 Å². The first-order valence-corrected chi connectivity index (χ1v) is 13.1. The molecule has 2 heteroatoms. The molecular weight excluding hydrogens is 450 g/mol. The van der Waals surface area contributed by atoms with Gasteiger partial charge < -0.3 is 4.42 Å². The Hall–Kier alpha value is -3.39. The number of hydrogen-bond donors (Lipinski definition) is 0. The number of pyridine rings is 1. The lowest BCUT2D eigenvalue weighted by molar-refractivity contribution is 0.411. The number of nitrogens with zero attached hydrogens (tertiary/aromatic N) is 1. The van der Waals surface area contributed by atoms with Crippen LogP contribution in [0.25, 0.3) is 44.3 Å². The average Bonchev–Trinajstić information content (AvgIpc) is 3.26. The summed E-state index contributed by atoms with van der Waals surface area (Å²) >= 11 is 0. The van der Waals surface area contributed by atoms with Crippen molar-refractivity contribution < 1.29 is 8.53 Å². The van der Waals surface area contributed by atoms with Crippen molar-refractivity contribution in [2.75, 3.05) is 0 Å². The molecule has 37 heavy (non-hydrogen) atoms. The molecule has 0 fully saturated rings. The van der Waals surface area contributed by atoms with Gasteiger partial charge in [0.05, 0.1) is 5.69 Å². The van der Waals surface area contributed by atoms with Crippen LogP contribution in [0.3, 0.4) is 0 Å². The smallest absolute Gasteiger partial charge is 0.138 e. The van der Waals surface area contributed by atoms with Gasteiger partial charge in [0.2, 0.25) is 0 Å². The van der Waals surface area contributed by atoms with Crippen LogP contribution >= 0.6 is 0 Å². The van der Waals surface area contributed by atoms with E-state index in [4.69, 9.17) is 13.5 Å². The Morgan fingerprint density at radius 1 is 0.865 bits per heavy atom. The van der Waals surface area contributed by atoms with E-state index in [0.717, 1.165) is 27.8 Å². The number of rotatable bonds is 4. The zero-order valence-corrected chi connectivity index (χ0v) is 23.3. The molecule has 0 saturated carbocycles. The summed E-state index contributed by atoms with van der Waals surface area (Å²) in [5.74, 6) is -0.305. The Morgan fingerprint density at radius 3 is 2.32 bits per heavy atom. The van der Waals surface area contributed by atoms with Crippen molar-refractivity contribution >= 4 is 21.7 Å². The van der Waals surface area contributed by atoms with Gasteiger partial charge in [-0.05, 0) is 75.3 Å². The zero-order valence-electron chi connectivity index (χ0n) is 26.3. The van der Waals surface area contributed by atoms with E-state index in [1.807, 2.05) is 58.9 Å². The Labute approximate surface area is 226 Å². The van der Waals surface area contributed by atoms with E-state index in [-0.39, 0.29) is 5.41 Å². The van der Waals surface area contributed by atoms with E-state index in [0.29, 0.717) is 16.9 Å². The summed E-state index contributed by atoms with van der Waals surface area (Å²) in [5, 5.41) is 3.26. The number of aromatic nitrogens is 1. The van der Waals surface area contributed by atoms with Gasteiger partial charge in [0.25, 0.3) is 0 Å². The summed E-state index contributed by atoms with van der Waals surface area (Å²) in [5.41, 5.74) is 5.33. The lowest BCUT2D eigenvalue weighted by atomic mass is 9.82. The Bertz CT molecular complexity index is 1730. The van der Waals surface area contributed by atoms with E-state index in [9.17, 15) is 0 Å². The molecule has 0 bridgehead atoms. The van der Waals surface area contributed by atoms with Gasteiger partial charge in [-0.1, -0.05) is 91.8 Å². The SMILES string of the molecule is [2H]C(C)(C)c1c(-c2ccnc(-c3cc(C(C)(C)C)c4ccccc4c3)c2)oc2cc(C([2H])([2H])C(C)(C)C)ccc12. The topological polar surface area (TPSA) is 26.0 Å². The Balaban J connectivity index is 1.70. The molecule has 190 valence electrons. The van der Waals surface area contributed by atoms with Crippen LogP contribution in [0.2, 0.25) is 0 Å². The molecule has 2 heterocycles. The zero-order chi connectivity index (χ0) is 29.3. The first kappa shape index (κ1) is 21.7. The lowest BCUT2D eigenvalue weighted by Gasteiger charge is -2.22. The molecule has 2 nitrogen and oxygen atoms in total. The molecular formula is C35H39NO. The number of fused-ring (bicyclic) bond motifs is 2. The fraction of sp³-hybridized carbons (Fsp3) is 0.343. The Kier molecular flexibility index (Phi) is 5.37. The molecule has 0 radical (unpaired) electrons. The maximum absolute atomic E-state index is 8.99. The van der Waals surface area contributed by atoms with E-state index in [2.05, 4.69) is 57.2 Å². The maximum atomic E-state index is 8.99. The van der Waals surface area contributed by atoms with Crippen molar-refractivity contribution in [1.29, 1.82) is 0 Å². The largest absolute Gasteiger partial charge is 0.456 e. The minimum atomic E-state index is -1.55. The van der Waals surface area contributed by atoms with Crippen LogP contribution in [-0.2, 0) is 11.8 Å². The quantitative estimate of drug-likeness (QED) is 0.249. The van der Waals surface area contributed by atoms with Gasteiger partial charge in [-0.15, -0.1) is 0 Å². The van der Waals surface area contributed by atoms with Crippen LogP contribution < -0.4 is 0 Å². The molecule has 5 aromatic rings. The summed E-state index contributed by atoms with van der Waals surface area (Å²) in [6.07, 6.45) is 0.254. The van der Waals surface area contributed by atoms with Crippen LogP contribution in [0.4, 0.5) is 0 Å². The second-order valence-corrected chi connectivity index (χ2v) is 12.3. The highest BCUT2D eigenvalue weighted by molar-refractivity contribution is 5.92. The van der Waals surface area contributed by atoms with Gasteiger partial charge in [0.15, 0.2) is 0 Å². The minimum Gasteiger partial charge on any atom is -0.456 e. The molecule has 3 aromatic carbocycles. The molecule has 0 spiro atoms. The fourth-order valence-corrected chi connectivity index (χ4v) is 5.12. The van der Waals surface area contributed by atoms with Crippen molar-refractivity contribution in [3.8, 4) is 22.6 Å². The maximum Gasteiger partial charge on any atom is 0.138 e. The highest BCUT2D eigenvalue weighted by Crippen LogP contribution is 2.40.